The number of carbonyl (C=O) groups is 1. The first kappa shape index (κ1) is 19.8. The van der Waals surface area contributed by atoms with Crippen LogP contribution in [0.2, 0.25) is 5.02 Å². The quantitative estimate of drug-likeness (QED) is 0.446. The number of aromatic nitrogens is 5. The predicted molar refractivity (Wildman–Crippen MR) is 109 cm³/mol. The van der Waals surface area contributed by atoms with Crippen LogP contribution >= 0.6 is 11.6 Å². The number of anilines is 2. The fourth-order valence-corrected chi connectivity index (χ4v) is 3.24. The molecule has 0 fully saturated rings. The lowest BCUT2D eigenvalue weighted by Gasteiger charge is -2.07. The molecule has 1 amide bonds. The number of hydrogen-bond donors (Lipinski definition) is 3. The van der Waals surface area contributed by atoms with E-state index in [0.29, 0.717) is 16.7 Å². The van der Waals surface area contributed by atoms with Crippen molar-refractivity contribution in [2.75, 3.05) is 11.9 Å². The lowest BCUT2D eigenvalue weighted by atomic mass is 10.1. The number of aromatic amines is 1. The summed E-state index contributed by atoms with van der Waals surface area (Å²) < 4.78 is 30.2. The van der Waals surface area contributed by atoms with Crippen LogP contribution in [-0.4, -0.2) is 37.4 Å². The Morgan fingerprint density at radius 3 is 2.70 bits per heavy atom. The molecule has 30 heavy (non-hydrogen) atoms. The zero-order chi connectivity index (χ0) is 21.4. The average Bonchev–Trinajstić information content (AvgIpc) is 3.31. The first-order valence-corrected chi connectivity index (χ1v) is 9.34. The van der Waals surface area contributed by atoms with Crippen molar-refractivity contribution in [3.05, 3.63) is 52.7 Å². The van der Waals surface area contributed by atoms with Gasteiger partial charge in [0.15, 0.2) is 5.82 Å². The fraction of sp³-hybridized carbons (Fsp3) is 0.158. The highest BCUT2D eigenvalue weighted by atomic mass is 35.5. The molecule has 0 bridgehead atoms. The maximum absolute atomic E-state index is 14.4. The van der Waals surface area contributed by atoms with Crippen molar-refractivity contribution < 1.29 is 13.6 Å². The average molecular weight is 432 g/mol. The standard InChI is InChI=1S/C19H16ClF2N7O/c1-3-23-18(30)15-11(21)6-9(7-12(15)22)17-26-19(29(2)28-17)25-14-5-4-13-10(16(14)20)8-24-27-13/h4-8H,3H2,1-2H3,(H,23,30)(H,24,27)(H,25,26,28). The Morgan fingerprint density at radius 2 is 2.00 bits per heavy atom. The molecule has 3 N–H and O–H groups in total. The van der Waals surface area contributed by atoms with Gasteiger partial charge in [-0.1, -0.05) is 11.6 Å². The predicted octanol–water partition coefficient (Wildman–Crippen LogP) is 3.78. The van der Waals surface area contributed by atoms with Crippen molar-refractivity contribution in [3.63, 3.8) is 0 Å². The van der Waals surface area contributed by atoms with E-state index in [2.05, 4.69) is 30.9 Å². The smallest absolute Gasteiger partial charge is 0.257 e. The van der Waals surface area contributed by atoms with Crippen LogP contribution in [0.3, 0.4) is 0 Å². The molecule has 0 saturated heterocycles. The van der Waals surface area contributed by atoms with E-state index in [1.54, 1.807) is 32.3 Å². The molecule has 0 saturated carbocycles. The molecule has 8 nitrogen and oxygen atoms in total. The summed E-state index contributed by atoms with van der Waals surface area (Å²) in [6, 6.07) is 5.60. The van der Waals surface area contributed by atoms with Gasteiger partial charge in [-0.05, 0) is 31.2 Å². The number of halogens is 3. The van der Waals surface area contributed by atoms with Crippen LogP contribution in [0.15, 0.2) is 30.5 Å². The van der Waals surface area contributed by atoms with Gasteiger partial charge >= 0.3 is 0 Å². The molecule has 11 heteroatoms. The van der Waals surface area contributed by atoms with Gasteiger partial charge in [-0.2, -0.15) is 10.1 Å². The zero-order valence-corrected chi connectivity index (χ0v) is 16.7. The number of H-pyrrole nitrogens is 1. The molecule has 4 aromatic rings. The van der Waals surface area contributed by atoms with Gasteiger partial charge in [-0.25, -0.2) is 13.5 Å². The summed E-state index contributed by atoms with van der Waals surface area (Å²) in [7, 11) is 1.62. The van der Waals surface area contributed by atoms with E-state index in [4.69, 9.17) is 11.6 Å². The highest BCUT2D eigenvalue weighted by molar-refractivity contribution is 6.38. The maximum Gasteiger partial charge on any atom is 0.257 e. The summed E-state index contributed by atoms with van der Waals surface area (Å²) in [5.41, 5.74) is 0.798. The summed E-state index contributed by atoms with van der Waals surface area (Å²) in [6.45, 7) is 1.91. The Morgan fingerprint density at radius 1 is 1.27 bits per heavy atom. The van der Waals surface area contributed by atoms with Gasteiger partial charge in [0.1, 0.15) is 17.2 Å². The molecule has 0 atom stereocenters. The molecule has 154 valence electrons. The lowest BCUT2D eigenvalue weighted by Crippen LogP contribution is -2.25. The van der Waals surface area contributed by atoms with Crippen LogP contribution in [0.5, 0.6) is 0 Å². The highest BCUT2D eigenvalue weighted by Crippen LogP contribution is 2.32. The van der Waals surface area contributed by atoms with Crippen molar-refractivity contribution in [2.24, 2.45) is 7.05 Å². The third-order valence-electron chi connectivity index (χ3n) is 4.43. The second-order valence-electron chi connectivity index (χ2n) is 6.44. The van der Waals surface area contributed by atoms with E-state index in [9.17, 15) is 13.6 Å². The summed E-state index contributed by atoms with van der Waals surface area (Å²) in [5, 5.41) is 17.6. The summed E-state index contributed by atoms with van der Waals surface area (Å²) in [5.74, 6) is -2.42. The molecule has 0 aliphatic heterocycles. The van der Waals surface area contributed by atoms with Crippen LogP contribution in [0.25, 0.3) is 22.3 Å². The molecule has 0 spiro atoms. The number of nitrogens with zero attached hydrogens (tertiary/aromatic N) is 4. The van der Waals surface area contributed by atoms with Gasteiger partial charge in [-0.3, -0.25) is 9.89 Å². The lowest BCUT2D eigenvalue weighted by molar-refractivity contribution is 0.0947. The monoisotopic (exact) mass is 431 g/mol. The second kappa shape index (κ2) is 7.71. The van der Waals surface area contributed by atoms with Gasteiger partial charge < -0.3 is 10.6 Å². The summed E-state index contributed by atoms with van der Waals surface area (Å²) in [6.07, 6.45) is 1.60. The van der Waals surface area contributed by atoms with E-state index in [1.807, 2.05) is 0 Å². The number of aryl methyl sites for hydroxylation is 1. The van der Waals surface area contributed by atoms with Crippen LogP contribution in [0.1, 0.15) is 17.3 Å². The topological polar surface area (TPSA) is 101 Å². The minimum Gasteiger partial charge on any atom is -0.352 e. The van der Waals surface area contributed by atoms with Crippen molar-refractivity contribution in [3.8, 4) is 11.4 Å². The van der Waals surface area contributed by atoms with Crippen LogP contribution in [0, 0.1) is 11.6 Å². The number of carbonyl (C=O) groups excluding carboxylic acids is 1. The van der Waals surface area contributed by atoms with Crippen LogP contribution in [0.4, 0.5) is 20.4 Å². The fourth-order valence-electron chi connectivity index (χ4n) is 2.98. The van der Waals surface area contributed by atoms with Gasteiger partial charge in [0.25, 0.3) is 5.91 Å². The Hall–Kier alpha value is -3.53. The van der Waals surface area contributed by atoms with E-state index >= 15 is 0 Å². The van der Waals surface area contributed by atoms with Crippen molar-refractivity contribution >= 4 is 40.0 Å². The molecule has 4 rings (SSSR count). The molecular weight excluding hydrogens is 416 g/mol. The maximum atomic E-state index is 14.4. The van der Waals surface area contributed by atoms with E-state index in [-0.39, 0.29) is 17.9 Å². The second-order valence-corrected chi connectivity index (χ2v) is 6.82. The normalized spacial score (nSPS) is 11.1. The zero-order valence-electron chi connectivity index (χ0n) is 15.9. The minimum absolute atomic E-state index is 0.0840. The van der Waals surface area contributed by atoms with Crippen LogP contribution in [-0.2, 0) is 7.05 Å². The SMILES string of the molecule is CCNC(=O)c1c(F)cc(-c2nc(Nc3ccc4[nH]ncc4c3Cl)n(C)n2)cc1F. The number of rotatable bonds is 5. The number of amides is 1. The van der Waals surface area contributed by atoms with Gasteiger partial charge in [0, 0.05) is 24.5 Å². The highest BCUT2D eigenvalue weighted by Gasteiger charge is 2.21. The van der Waals surface area contributed by atoms with Gasteiger partial charge in [-0.15, -0.1) is 5.10 Å². The molecule has 0 radical (unpaired) electrons. The number of hydrogen-bond acceptors (Lipinski definition) is 5. The molecular formula is C19H16ClF2N7O. The summed E-state index contributed by atoms with van der Waals surface area (Å²) >= 11 is 6.41. The molecule has 0 aliphatic rings. The van der Waals surface area contributed by atoms with Crippen LogP contribution < -0.4 is 10.6 Å². The molecule has 2 aromatic carbocycles. The Labute approximate surface area is 174 Å². The van der Waals surface area contributed by atoms with Gasteiger partial charge in [0.05, 0.1) is 22.4 Å². The molecule has 2 aromatic heterocycles. The van der Waals surface area contributed by atoms with Crippen molar-refractivity contribution in [2.45, 2.75) is 6.92 Å². The molecule has 0 unspecified atom stereocenters. The number of fused-ring (bicyclic) bond motifs is 1. The van der Waals surface area contributed by atoms with Crippen molar-refractivity contribution in [1.82, 2.24) is 30.3 Å². The first-order chi connectivity index (χ1) is 14.4. The Balaban J connectivity index is 1.67. The third kappa shape index (κ3) is 3.45. The van der Waals surface area contributed by atoms with Crippen molar-refractivity contribution in [1.29, 1.82) is 0 Å². The first-order valence-electron chi connectivity index (χ1n) is 8.96. The summed E-state index contributed by atoms with van der Waals surface area (Å²) in [4.78, 5) is 16.1. The van der Waals surface area contributed by atoms with Gasteiger partial charge in [0.2, 0.25) is 5.95 Å². The minimum atomic E-state index is -0.994. The van der Waals surface area contributed by atoms with E-state index in [1.165, 1.54) is 4.68 Å². The Bertz CT molecular complexity index is 1240. The molecule has 2 heterocycles. The number of benzene rings is 2. The third-order valence-corrected chi connectivity index (χ3v) is 4.84. The largest absolute Gasteiger partial charge is 0.352 e. The van der Waals surface area contributed by atoms with E-state index < -0.39 is 23.1 Å². The van der Waals surface area contributed by atoms with E-state index in [0.717, 1.165) is 23.0 Å². The number of nitrogens with one attached hydrogen (secondary N) is 3. The molecule has 0 aliphatic carbocycles. The Kier molecular flexibility index (Phi) is 5.08.